The molecule has 0 unspecified atom stereocenters. The summed E-state index contributed by atoms with van der Waals surface area (Å²) in [7, 11) is 0. The normalized spacial score (nSPS) is 13.1. The van der Waals surface area contributed by atoms with Crippen LogP contribution in [0.1, 0.15) is 54.7 Å². The minimum absolute atomic E-state index is 0.452. The molecule has 1 heterocycles. The fourth-order valence-electron chi connectivity index (χ4n) is 3.49. The van der Waals surface area contributed by atoms with E-state index in [1.807, 2.05) is 38.1 Å². The van der Waals surface area contributed by atoms with Gasteiger partial charge in [-0.2, -0.15) is 0 Å². The smallest absolute Gasteiger partial charge is 0.339 e. The van der Waals surface area contributed by atoms with Gasteiger partial charge in [-0.15, -0.1) is 0 Å². The van der Waals surface area contributed by atoms with Gasteiger partial charge in [0.1, 0.15) is 0 Å². The molecule has 1 aromatic carbocycles. The van der Waals surface area contributed by atoms with E-state index in [1.165, 1.54) is 0 Å². The van der Waals surface area contributed by atoms with Crippen molar-refractivity contribution < 1.29 is 19.1 Å². The van der Waals surface area contributed by atoms with Crippen molar-refractivity contribution in [2.75, 3.05) is 13.2 Å². The van der Waals surface area contributed by atoms with Gasteiger partial charge in [0.2, 0.25) is 0 Å². The highest BCUT2D eigenvalue weighted by Crippen LogP contribution is 2.29. The van der Waals surface area contributed by atoms with E-state index in [0.717, 1.165) is 54.3 Å². The maximum absolute atomic E-state index is 12.8. The second-order valence-electron chi connectivity index (χ2n) is 7.70. The van der Waals surface area contributed by atoms with Crippen LogP contribution in [0.5, 0.6) is 0 Å². The molecule has 7 heteroatoms. The van der Waals surface area contributed by atoms with Crippen molar-refractivity contribution >= 4 is 28.8 Å². The fourth-order valence-corrected chi connectivity index (χ4v) is 3.49. The zero-order valence-corrected chi connectivity index (χ0v) is 16.9. The van der Waals surface area contributed by atoms with Gasteiger partial charge in [-0.05, 0) is 49.7 Å². The predicted octanol–water partition coefficient (Wildman–Crippen LogP) is 3.14. The van der Waals surface area contributed by atoms with Crippen molar-refractivity contribution in [3.8, 4) is 0 Å². The van der Waals surface area contributed by atoms with Crippen molar-refractivity contribution in [2.45, 2.75) is 46.0 Å². The van der Waals surface area contributed by atoms with E-state index in [0.29, 0.717) is 18.0 Å². The van der Waals surface area contributed by atoms with Gasteiger partial charge in [0.05, 0.1) is 11.1 Å². The number of aromatic nitrogens is 1. The highest BCUT2D eigenvalue weighted by atomic mass is 16.5. The van der Waals surface area contributed by atoms with Crippen LogP contribution in [-0.4, -0.2) is 36.0 Å². The topological polar surface area (TPSA) is 97.4 Å². The second kappa shape index (κ2) is 9.49. The number of carbonyl (C=O) groups excluding carboxylic acids is 3. The average molecular weight is 397 g/mol. The molecule has 0 fully saturated rings. The molecule has 1 aliphatic carbocycles. The lowest BCUT2D eigenvalue weighted by molar-refractivity contribution is -0.123. The Morgan fingerprint density at radius 2 is 1.90 bits per heavy atom. The molecule has 7 nitrogen and oxygen atoms in total. The number of hydrogen-bond acceptors (Lipinski definition) is 5. The lowest BCUT2D eigenvalue weighted by Gasteiger charge is -2.19. The molecular formula is C22H27N3O4. The second-order valence-corrected chi connectivity index (χ2v) is 7.70. The minimum Gasteiger partial charge on any atom is -0.452 e. The molecule has 0 radical (unpaired) electrons. The SMILES string of the molecule is CC(C)CCNC(=O)NC(=O)COC(=O)c1c2c(nc3ccccc13)CCCC2. The van der Waals surface area contributed by atoms with Crippen LogP contribution in [-0.2, 0) is 22.4 Å². The van der Waals surface area contributed by atoms with E-state index in [4.69, 9.17) is 9.72 Å². The molecule has 0 saturated carbocycles. The van der Waals surface area contributed by atoms with E-state index in [9.17, 15) is 14.4 Å². The fraction of sp³-hybridized carbons (Fsp3) is 0.455. The van der Waals surface area contributed by atoms with Crippen LogP contribution >= 0.6 is 0 Å². The number of esters is 1. The number of nitrogens with zero attached hydrogens (tertiary/aromatic N) is 1. The summed E-state index contributed by atoms with van der Waals surface area (Å²) >= 11 is 0. The lowest BCUT2D eigenvalue weighted by Crippen LogP contribution is -2.42. The molecule has 29 heavy (non-hydrogen) atoms. The van der Waals surface area contributed by atoms with Gasteiger partial charge < -0.3 is 10.1 Å². The first-order chi connectivity index (χ1) is 14.0. The first-order valence-corrected chi connectivity index (χ1v) is 10.1. The number of imide groups is 1. The highest BCUT2D eigenvalue weighted by Gasteiger charge is 2.24. The summed E-state index contributed by atoms with van der Waals surface area (Å²) in [6.45, 7) is 4.06. The van der Waals surface area contributed by atoms with E-state index < -0.39 is 24.5 Å². The molecule has 0 aliphatic heterocycles. The molecule has 1 aliphatic rings. The van der Waals surface area contributed by atoms with Gasteiger partial charge in [-0.1, -0.05) is 32.0 Å². The van der Waals surface area contributed by atoms with Crippen LogP contribution in [0.3, 0.4) is 0 Å². The summed E-state index contributed by atoms with van der Waals surface area (Å²) < 4.78 is 5.25. The largest absolute Gasteiger partial charge is 0.452 e. The number of hydrogen-bond donors (Lipinski definition) is 2. The number of carbonyl (C=O) groups is 3. The molecule has 3 rings (SSSR count). The third kappa shape index (κ3) is 5.31. The first-order valence-electron chi connectivity index (χ1n) is 10.1. The number of benzene rings is 1. The van der Waals surface area contributed by atoms with Gasteiger partial charge in [0, 0.05) is 17.6 Å². The Hall–Kier alpha value is -2.96. The number of amides is 3. The zero-order chi connectivity index (χ0) is 20.8. The zero-order valence-electron chi connectivity index (χ0n) is 16.9. The van der Waals surface area contributed by atoms with Crippen molar-refractivity contribution in [3.05, 3.63) is 41.1 Å². The molecule has 0 spiro atoms. The molecule has 154 valence electrons. The van der Waals surface area contributed by atoms with Crippen molar-refractivity contribution in [2.24, 2.45) is 5.92 Å². The summed E-state index contributed by atoms with van der Waals surface area (Å²) in [6.07, 6.45) is 4.45. The van der Waals surface area contributed by atoms with Crippen LogP contribution in [0.4, 0.5) is 4.79 Å². The monoisotopic (exact) mass is 397 g/mol. The number of pyridine rings is 1. The number of nitrogens with one attached hydrogen (secondary N) is 2. The van der Waals surface area contributed by atoms with E-state index in [1.54, 1.807) is 0 Å². The summed E-state index contributed by atoms with van der Waals surface area (Å²) in [5.74, 6) is -0.766. The number of ether oxygens (including phenoxy) is 1. The third-order valence-electron chi connectivity index (χ3n) is 4.97. The molecule has 1 aromatic heterocycles. The van der Waals surface area contributed by atoms with Gasteiger partial charge in [-0.25, -0.2) is 9.59 Å². The van der Waals surface area contributed by atoms with Crippen molar-refractivity contribution in [1.29, 1.82) is 0 Å². The Kier molecular flexibility index (Phi) is 6.80. The summed E-state index contributed by atoms with van der Waals surface area (Å²) in [5.41, 5.74) is 3.07. The summed E-state index contributed by atoms with van der Waals surface area (Å²) in [4.78, 5) is 41.2. The van der Waals surface area contributed by atoms with Crippen molar-refractivity contribution in [3.63, 3.8) is 0 Å². The number of para-hydroxylation sites is 1. The Balaban J connectivity index is 1.66. The van der Waals surface area contributed by atoms with E-state index in [-0.39, 0.29) is 0 Å². The average Bonchev–Trinajstić information content (AvgIpc) is 2.69. The van der Waals surface area contributed by atoms with Crippen molar-refractivity contribution in [1.82, 2.24) is 15.6 Å². The summed E-state index contributed by atoms with van der Waals surface area (Å²) in [6, 6.07) is 6.86. The van der Waals surface area contributed by atoms with Crippen LogP contribution < -0.4 is 10.6 Å². The molecular weight excluding hydrogens is 370 g/mol. The maximum atomic E-state index is 12.8. The quantitative estimate of drug-likeness (QED) is 0.730. The number of urea groups is 1. The Bertz CT molecular complexity index is 924. The molecule has 0 atom stereocenters. The van der Waals surface area contributed by atoms with E-state index in [2.05, 4.69) is 10.6 Å². The molecule has 2 N–H and O–H groups in total. The Morgan fingerprint density at radius 1 is 1.14 bits per heavy atom. The maximum Gasteiger partial charge on any atom is 0.339 e. The Morgan fingerprint density at radius 3 is 2.69 bits per heavy atom. The molecule has 0 saturated heterocycles. The van der Waals surface area contributed by atoms with Crippen LogP contribution in [0.15, 0.2) is 24.3 Å². The standard InChI is InChI=1S/C22H27N3O4/c1-14(2)11-12-23-22(28)25-19(26)13-29-21(27)20-15-7-3-5-9-17(15)24-18-10-6-4-8-16(18)20/h3,5,7,9,14H,4,6,8,10-13H2,1-2H3,(H2,23,25,26,28). The van der Waals surface area contributed by atoms with Gasteiger partial charge in [0.25, 0.3) is 5.91 Å². The van der Waals surface area contributed by atoms with Gasteiger partial charge in [0.15, 0.2) is 6.61 Å². The highest BCUT2D eigenvalue weighted by molar-refractivity contribution is 6.06. The number of aryl methyl sites for hydroxylation is 1. The predicted molar refractivity (Wildman–Crippen MR) is 110 cm³/mol. The van der Waals surface area contributed by atoms with Gasteiger partial charge >= 0.3 is 12.0 Å². The van der Waals surface area contributed by atoms with Crippen LogP contribution in [0, 0.1) is 5.92 Å². The molecule has 2 aromatic rings. The first kappa shape index (κ1) is 20.8. The van der Waals surface area contributed by atoms with Gasteiger partial charge in [-0.3, -0.25) is 15.1 Å². The number of fused-ring (bicyclic) bond motifs is 2. The van der Waals surface area contributed by atoms with E-state index >= 15 is 0 Å². The minimum atomic E-state index is -0.660. The Labute approximate surface area is 170 Å². The molecule has 0 bridgehead atoms. The lowest BCUT2D eigenvalue weighted by atomic mass is 9.90. The third-order valence-corrected chi connectivity index (χ3v) is 4.97. The van der Waals surface area contributed by atoms with Crippen LogP contribution in [0.2, 0.25) is 0 Å². The number of rotatable bonds is 6. The molecule has 3 amide bonds. The van der Waals surface area contributed by atoms with Crippen LogP contribution in [0.25, 0.3) is 10.9 Å². The summed E-state index contributed by atoms with van der Waals surface area (Å²) in [5, 5.41) is 5.52.